The largest absolute Gasteiger partial charge is 0.335 e. The average molecular weight is 294 g/mol. The maximum Gasteiger partial charge on any atom is 0.161 e. The fourth-order valence-corrected chi connectivity index (χ4v) is 3.26. The van der Waals surface area contributed by atoms with E-state index in [1.807, 2.05) is 6.07 Å². The third-order valence-corrected chi connectivity index (χ3v) is 4.54. The van der Waals surface area contributed by atoms with Crippen LogP contribution in [0.15, 0.2) is 23.2 Å². The number of nitrogens with zero attached hydrogens (tertiary/aromatic N) is 2. The van der Waals surface area contributed by atoms with Gasteiger partial charge in [0.1, 0.15) is 6.07 Å². The van der Waals surface area contributed by atoms with Crippen LogP contribution in [0, 0.1) is 11.3 Å². The lowest BCUT2D eigenvalue weighted by Crippen LogP contribution is -2.29. The van der Waals surface area contributed by atoms with Crippen LogP contribution in [0.3, 0.4) is 0 Å². The quantitative estimate of drug-likeness (QED) is 0.885. The summed E-state index contributed by atoms with van der Waals surface area (Å²) in [6.07, 6.45) is 2.14. The molecule has 1 aromatic rings. The lowest BCUT2D eigenvalue weighted by atomic mass is 9.97. The van der Waals surface area contributed by atoms with E-state index in [4.69, 9.17) is 21.9 Å². The number of aliphatic imine (C=N–C) groups is 1. The van der Waals surface area contributed by atoms with Crippen LogP contribution in [0.1, 0.15) is 32.3 Å². The van der Waals surface area contributed by atoms with Crippen LogP contribution in [0.25, 0.3) is 0 Å². The van der Waals surface area contributed by atoms with E-state index in [2.05, 4.69) is 25.2 Å². The molecule has 1 aromatic carbocycles. The predicted octanol–water partition coefficient (Wildman–Crippen LogP) is 4.29. The lowest BCUT2D eigenvalue weighted by molar-refractivity contribution is 0.443. The summed E-state index contributed by atoms with van der Waals surface area (Å²) in [7, 11) is 0. The van der Waals surface area contributed by atoms with Gasteiger partial charge >= 0.3 is 0 Å². The first-order chi connectivity index (χ1) is 9.06. The van der Waals surface area contributed by atoms with E-state index in [-0.39, 0.29) is 5.54 Å². The van der Waals surface area contributed by atoms with Crippen molar-refractivity contribution in [2.75, 3.05) is 11.1 Å². The van der Waals surface area contributed by atoms with Crippen molar-refractivity contribution in [3.05, 3.63) is 28.8 Å². The van der Waals surface area contributed by atoms with Crippen LogP contribution in [0.5, 0.6) is 0 Å². The first-order valence-corrected chi connectivity index (χ1v) is 7.62. The van der Waals surface area contributed by atoms with E-state index in [9.17, 15) is 0 Å². The lowest BCUT2D eigenvalue weighted by Gasteiger charge is -2.29. The summed E-state index contributed by atoms with van der Waals surface area (Å²) in [6.45, 7) is 4.34. The summed E-state index contributed by atoms with van der Waals surface area (Å²) in [5.41, 5.74) is 1.39. The molecule has 1 aliphatic heterocycles. The highest BCUT2D eigenvalue weighted by Gasteiger charge is 2.25. The molecule has 0 fully saturated rings. The van der Waals surface area contributed by atoms with Crippen molar-refractivity contribution in [1.29, 1.82) is 5.26 Å². The van der Waals surface area contributed by atoms with E-state index in [1.165, 1.54) is 0 Å². The number of benzene rings is 1. The monoisotopic (exact) mass is 293 g/mol. The molecule has 0 saturated heterocycles. The van der Waals surface area contributed by atoms with Crippen LogP contribution in [-0.4, -0.2) is 16.5 Å². The highest BCUT2D eigenvalue weighted by Crippen LogP contribution is 2.30. The van der Waals surface area contributed by atoms with E-state index >= 15 is 0 Å². The van der Waals surface area contributed by atoms with Gasteiger partial charge < -0.3 is 5.32 Å². The smallest absolute Gasteiger partial charge is 0.161 e. The molecule has 100 valence electrons. The second-order valence-electron chi connectivity index (χ2n) is 4.80. The molecule has 0 aliphatic carbocycles. The van der Waals surface area contributed by atoms with E-state index in [1.54, 1.807) is 23.9 Å². The first kappa shape index (κ1) is 14.2. The molecule has 1 N–H and O–H groups in total. The highest BCUT2D eigenvalue weighted by molar-refractivity contribution is 8.14. The van der Waals surface area contributed by atoms with Gasteiger partial charge in [0.2, 0.25) is 0 Å². The van der Waals surface area contributed by atoms with E-state index < -0.39 is 0 Å². The molecule has 3 nitrogen and oxygen atoms in total. The molecule has 0 spiro atoms. The number of hydrogen-bond acceptors (Lipinski definition) is 4. The number of thioether (sulfide) groups is 1. The maximum atomic E-state index is 8.85. The third kappa shape index (κ3) is 3.43. The van der Waals surface area contributed by atoms with Crippen LogP contribution >= 0.6 is 23.4 Å². The Kier molecular flexibility index (Phi) is 4.38. The second kappa shape index (κ2) is 5.85. The van der Waals surface area contributed by atoms with Gasteiger partial charge in [-0.15, -0.1) is 0 Å². The molecule has 1 aliphatic rings. The number of hydrogen-bond donors (Lipinski definition) is 1. The van der Waals surface area contributed by atoms with Crippen molar-refractivity contribution in [3.63, 3.8) is 0 Å². The number of rotatable bonds is 2. The highest BCUT2D eigenvalue weighted by atomic mass is 35.5. The van der Waals surface area contributed by atoms with Crippen LogP contribution < -0.4 is 5.32 Å². The Hall–Kier alpha value is -1.18. The summed E-state index contributed by atoms with van der Waals surface area (Å²) in [5.74, 6) is 1.07. The number of halogens is 1. The molecule has 0 bridgehead atoms. The summed E-state index contributed by atoms with van der Waals surface area (Å²) in [6, 6.07) is 7.39. The number of anilines is 1. The zero-order valence-corrected chi connectivity index (χ0v) is 12.6. The normalized spacial score (nSPS) is 22.5. The maximum absolute atomic E-state index is 8.85. The molecule has 0 amide bonds. The molecule has 1 heterocycles. The van der Waals surface area contributed by atoms with Crippen molar-refractivity contribution in [1.82, 2.24) is 0 Å². The molecule has 2 rings (SSSR count). The molecule has 0 radical (unpaired) electrons. The minimum atomic E-state index is 0.0317. The minimum Gasteiger partial charge on any atom is -0.335 e. The molecule has 5 heteroatoms. The predicted molar refractivity (Wildman–Crippen MR) is 83.0 cm³/mol. The van der Waals surface area contributed by atoms with Crippen molar-refractivity contribution < 1.29 is 0 Å². The SMILES string of the molecule is CCC1(C)CCSC(Nc2ccc(C#N)c(Cl)c2)=N1. The molecular formula is C14H16ClN3S. The van der Waals surface area contributed by atoms with Gasteiger partial charge in [-0.25, -0.2) is 0 Å². The Morgan fingerprint density at radius 1 is 1.58 bits per heavy atom. The van der Waals surface area contributed by atoms with Crippen LogP contribution in [0.2, 0.25) is 5.02 Å². The topological polar surface area (TPSA) is 48.2 Å². The number of nitrogens with one attached hydrogen (secondary N) is 1. The van der Waals surface area contributed by atoms with Crippen molar-refractivity contribution in [3.8, 4) is 6.07 Å². The first-order valence-electron chi connectivity index (χ1n) is 6.25. The van der Waals surface area contributed by atoms with Gasteiger partial charge in [0.25, 0.3) is 0 Å². The van der Waals surface area contributed by atoms with Crippen LogP contribution in [0.4, 0.5) is 5.69 Å². The third-order valence-electron chi connectivity index (χ3n) is 3.35. The van der Waals surface area contributed by atoms with E-state index in [0.717, 1.165) is 29.4 Å². The molecule has 1 unspecified atom stereocenters. The fraction of sp³-hybridized carbons (Fsp3) is 0.429. The summed E-state index contributed by atoms with van der Waals surface area (Å²) < 4.78 is 0. The summed E-state index contributed by atoms with van der Waals surface area (Å²) in [4.78, 5) is 4.76. The van der Waals surface area contributed by atoms with E-state index in [0.29, 0.717) is 10.6 Å². The van der Waals surface area contributed by atoms with Gasteiger partial charge in [0.15, 0.2) is 5.17 Å². The number of amidine groups is 1. The van der Waals surface area contributed by atoms with Crippen molar-refractivity contribution in [2.24, 2.45) is 4.99 Å². The summed E-state index contributed by atoms with van der Waals surface area (Å²) >= 11 is 7.74. The molecular weight excluding hydrogens is 278 g/mol. The Balaban J connectivity index is 2.18. The zero-order valence-electron chi connectivity index (χ0n) is 11.0. The average Bonchev–Trinajstić information content (AvgIpc) is 2.39. The van der Waals surface area contributed by atoms with Gasteiger partial charge in [0, 0.05) is 11.4 Å². The number of nitriles is 1. The van der Waals surface area contributed by atoms with Crippen LogP contribution in [-0.2, 0) is 0 Å². The van der Waals surface area contributed by atoms with Gasteiger partial charge in [-0.1, -0.05) is 30.3 Å². The van der Waals surface area contributed by atoms with Gasteiger partial charge in [-0.3, -0.25) is 4.99 Å². The Morgan fingerprint density at radius 2 is 2.37 bits per heavy atom. The second-order valence-corrected chi connectivity index (χ2v) is 6.29. The Labute approximate surface area is 123 Å². The molecule has 0 aromatic heterocycles. The fourth-order valence-electron chi connectivity index (χ4n) is 1.83. The summed E-state index contributed by atoms with van der Waals surface area (Å²) in [5, 5.41) is 13.5. The standard InChI is InChI=1S/C14H16ClN3S/c1-3-14(2)6-7-19-13(18-14)17-11-5-4-10(9-16)12(15)8-11/h4-5,8H,3,6-7H2,1-2H3,(H,17,18). The van der Waals surface area contributed by atoms with Gasteiger partial charge in [-0.05, 0) is 38.0 Å². The van der Waals surface area contributed by atoms with Gasteiger partial charge in [0.05, 0.1) is 16.1 Å². The molecule has 19 heavy (non-hydrogen) atoms. The van der Waals surface area contributed by atoms with Crippen molar-refractivity contribution >= 4 is 34.2 Å². The Bertz CT molecular complexity index is 550. The molecule has 1 atom stereocenters. The zero-order chi connectivity index (χ0) is 13.9. The minimum absolute atomic E-state index is 0.0317. The van der Waals surface area contributed by atoms with Crippen molar-refractivity contribution in [2.45, 2.75) is 32.2 Å². The van der Waals surface area contributed by atoms with Gasteiger partial charge in [-0.2, -0.15) is 5.26 Å². The molecule has 0 saturated carbocycles. The Morgan fingerprint density at radius 3 is 3.00 bits per heavy atom.